The Kier molecular flexibility index (Phi) is 5.45. The number of likely N-dealkylation sites (tertiary alicyclic amines) is 1. The number of aryl methyl sites for hydroxylation is 1. The summed E-state index contributed by atoms with van der Waals surface area (Å²) in [7, 11) is 0. The summed E-state index contributed by atoms with van der Waals surface area (Å²) in [5.74, 6) is 1.32. The standard InChI is InChI=1S/C19H22BrN5O3/c1-3-27-19(26)17-15-10-14(20)4-5-16(15)25(22-17)11-24-8-6-13(7-9-24)18-21-12(2)23-28-18/h4-5,10,13H,3,6-9,11H2,1-2H3. The number of ether oxygens (including phenoxy) is 1. The molecular formula is C19H22BrN5O3. The first-order chi connectivity index (χ1) is 13.5. The Morgan fingerprint density at radius 3 is 2.82 bits per heavy atom. The third kappa shape index (κ3) is 3.81. The van der Waals surface area contributed by atoms with E-state index >= 15 is 0 Å². The molecule has 0 amide bonds. The van der Waals surface area contributed by atoms with E-state index in [1.165, 1.54) is 0 Å². The predicted molar refractivity (Wildman–Crippen MR) is 106 cm³/mol. The van der Waals surface area contributed by atoms with Gasteiger partial charge in [0.1, 0.15) is 0 Å². The highest BCUT2D eigenvalue weighted by molar-refractivity contribution is 9.10. The number of rotatable bonds is 5. The highest BCUT2D eigenvalue weighted by Gasteiger charge is 2.26. The largest absolute Gasteiger partial charge is 0.461 e. The number of piperidine rings is 1. The minimum absolute atomic E-state index is 0.304. The molecule has 0 atom stereocenters. The van der Waals surface area contributed by atoms with Gasteiger partial charge in [0.2, 0.25) is 5.89 Å². The Morgan fingerprint density at radius 1 is 1.36 bits per heavy atom. The number of esters is 1. The SMILES string of the molecule is CCOC(=O)c1nn(CN2CCC(c3nc(C)no3)CC2)c2ccc(Br)cc12. The molecule has 0 bridgehead atoms. The summed E-state index contributed by atoms with van der Waals surface area (Å²) in [6.45, 7) is 6.38. The van der Waals surface area contributed by atoms with Gasteiger partial charge in [0.25, 0.3) is 0 Å². The molecule has 148 valence electrons. The third-order valence-electron chi connectivity index (χ3n) is 5.00. The smallest absolute Gasteiger partial charge is 0.359 e. The molecule has 0 saturated carbocycles. The van der Waals surface area contributed by atoms with Crippen LogP contribution in [0.15, 0.2) is 27.2 Å². The maximum Gasteiger partial charge on any atom is 0.359 e. The molecule has 0 unspecified atom stereocenters. The molecule has 3 aromatic rings. The lowest BCUT2D eigenvalue weighted by Crippen LogP contribution is -2.35. The molecule has 28 heavy (non-hydrogen) atoms. The summed E-state index contributed by atoms with van der Waals surface area (Å²) < 4.78 is 13.3. The van der Waals surface area contributed by atoms with Crippen molar-refractivity contribution in [2.45, 2.75) is 39.3 Å². The van der Waals surface area contributed by atoms with Gasteiger partial charge >= 0.3 is 5.97 Å². The lowest BCUT2D eigenvalue weighted by molar-refractivity contribution is 0.0519. The molecule has 4 rings (SSSR count). The molecule has 9 heteroatoms. The van der Waals surface area contributed by atoms with Gasteiger partial charge in [-0.25, -0.2) is 9.48 Å². The number of halogens is 1. The second kappa shape index (κ2) is 8.00. The van der Waals surface area contributed by atoms with Gasteiger partial charge in [0.05, 0.1) is 18.8 Å². The molecule has 1 fully saturated rings. The van der Waals surface area contributed by atoms with E-state index in [9.17, 15) is 4.79 Å². The maximum absolute atomic E-state index is 12.3. The Labute approximate surface area is 171 Å². The summed E-state index contributed by atoms with van der Waals surface area (Å²) >= 11 is 3.47. The van der Waals surface area contributed by atoms with Gasteiger partial charge in [-0.3, -0.25) is 4.90 Å². The topological polar surface area (TPSA) is 86.3 Å². The molecule has 1 aliphatic heterocycles. The minimum atomic E-state index is -0.394. The summed E-state index contributed by atoms with van der Waals surface area (Å²) in [5.41, 5.74) is 1.27. The van der Waals surface area contributed by atoms with Crippen molar-refractivity contribution in [3.63, 3.8) is 0 Å². The van der Waals surface area contributed by atoms with Gasteiger partial charge in [-0.05, 0) is 44.9 Å². The number of benzene rings is 1. The lowest BCUT2D eigenvalue weighted by atomic mass is 9.97. The van der Waals surface area contributed by atoms with Gasteiger partial charge in [0, 0.05) is 28.9 Å². The number of carbonyl (C=O) groups excluding carboxylic acids is 1. The van der Waals surface area contributed by atoms with Crippen LogP contribution in [0.25, 0.3) is 10.9 Å². The normalized spacial score (nSPS) is 16.0. The first-order valence-electron chi connectivity index (χ1n) is 9.41. The number of carbonyl (C=O) groups is 1. The zero-order chi connectivity index (χ0) is 19.7. The van der Waals surface area contributed by atoms with Crippen molar-refractivity contribution >= 4 is 32.8 Å². The van der Waals surface area contributed by atoms with E-state index in [0.29, 0.717) is 30.7 Å². The lowest BCUT2D eigenvalue weighted by Gasteiger charge is -2.30. The van der Waals surface area contributed by atoms with Crippen molar-refractivity contribution in [1.82, 2.24) is 24.8 Å². The first-order valence-corrected chi connectivity index (χ1v) is 10.2. The van der Waals surface area contributed by atoms with Gasteiger partial charge in [0.15, 0.2) is 11.5 Å². The minimum Gasteiger partial charge on any atom is -0.461 e. The highest BCUT2D eigenvalue weighted by atomic mass is 79.9. The van der Waals surface area contributed by atoms with Crippen LogP contribution in [0, 0.1) is 6.92 Å². The van der Waals surface area contributed by atoms with E-state index in [2.05, 4.69) is 36.1 Å². The summed E-state index contributed by atoms with van der Waals surface area (Å²) in [6, 6.07) is 5.85. The Morgan fingerprint density at radius 2 is 2.14 bits per heavy atom. The molecule has 0 radical (unpaired) electrons. The molecule has 1 saturated heterocycles. The van der Waals surface area contributed by atoms with E-state index < -0.39 is 5.97 Å². The number of nitrogens with zero attached hydrogens (tertiary/aromatic N) is 5. The van der Waals surface area contributed by atoms with Crippen LogP contribution < -0.4 is 0 Å². The Bertz CT molecular complexity index is 991. The number of aromatic nitrogens is 4. The van der Waals surface area contributed by atoms with Crippen LogP contribution in [0.2, 0.25) is 0 Å². The maximum atomic E-state index is 12.3. The van der Waals surface area contributed by atoms with Crippen LogP contribution in [0.3, 0.4) is 0 Å². The monoisotopic (exact) mass is 447 g/mol. The number of hydrogen-bond acceptors (Lipinski definition) is 7. The van der Waals surface area contributed by atoms with Gasteiger partial charge in [-0.15, -0.1) is 0 Å². The fourth-order valence-corrected chi connectivity index (χ4v) is 3.96. The van der Waals surface area contributed by atoms with Crippen molar-refractivity contribution < 1.29 is 14.1 Å². The zero-order valence-corrected chi connectivity index (χ0v) is 17.5. The summed E-state index contributed by atoms with van der Waals surface area (Å²) in [5, 5.41) is 9.25. The molecule has 2 aromatic heterocycles. The van der Waals surface area contributed by atoms with Crippen LogP contribution in [-0.4, -0.2) is 50.5 Å². The molecular weight excluding hydrogens is 426 g/mol. The van der Waals surface area contributed by atoms with Crippen LogP contribution in [0.5, 0.6) is 0 Å². The molecule has 8 nitrogen and oxygen atoms in total. The third-order valence-corrected chi connectivity index (χ3v) is 5.49. The van der Waals surface area contributed by atoms with Gasteiger partial charge < -0.3 is 9.26 Å². The van der Waals surface area contributed by atoms with Gasteiger partial charge in [-0.1, -0.05) is 21.1 Å². The van der Waals surface area contributed by atoms with E-state index in [1.807, 2.05) is 29.8 Å². The van der Waals surface area contributed by atoms with Gasteiger partial charge in [-0.2, -0.15) is 10.1 Å². The van der Waals surface area contributed by atoms with Crippen LogP contribution in [0.1, 0.15) is 47.9 Å². The predicted octanol–water partition coefficient (Wildman–Crippen LogP) is 3.50. The molecule has 0 N–H and O–H groups in total. The molecule has 0 aliphatic carbocycles. The van der Waals surface area contributed by atoms with Crippen molar-refractivity contribution in [3.05, 3.63) is 40.1 Å². The van der Waals surface area contributed by atoms with Crippen molar-refractivity contribution in [1.29, 1.82) is 0 Å². The van der Waals surface area contributed by atoms with Crippen LogP contribution in [0.4, 0.5) is 0 Å². The molecule has 0 spiro atoms. The second-order valence-electron chi connectivity index (χ2n) is 6.94. The zero-order valence-electron chi connectivity index (χ0n) is 15.9. The molecule has 1 aromatic carbocycles. The van der Waals surface area contributed by atoms with Crippen molar-refractivity contribution in [2.24, 2.45) is 0 Å². The average Bonchev–Trinajstić information content (AvgIpc) is 3.26. The average molecular weight is 448 g/mol. The highest BCUT2D eigenvalue weighted by Crippen LogP contribution is 2.28. The van der Waals surface area contributed by atoms with E-state index in [-0.39, 0.29) is 0 Å². The van der Waals surface area contributed by atoms with E-state index in [0.717, 1.165) is 47.2 Å². The molecule has 1 aliphatic rings. The number of fused-ring (bicyclic) bond motifs is 1. The Balaban J connectivity index is 1.51. The van der Waals surface area contributed by atoms with E-state index in [4.69, 9.17) is 9.26 Å². The first kappa shape index (κ1) is 19.1. The van der Waals surface area contributed by atoms with Crippen molar-refractivity contribution in [2.75, 3.05) is 19.7 Å². The molecule has 3 heterocycles. The fourth-order valence-electron chi connectivity index (χ4n) is 3.60. The summed E-state index contributed by atoms with van der Waals surface area (Å²) in [6.07, 6.45) is 1.91. The van der Waals surface area contributed by atoms with E-state index in [1.54, 1.807) is 6.92 Å². The van der Waals surface area contributed by atoms with Crippen LogP contribution >= 0.6 is 15.9 Å². The number of hydrogen-bond donors (Lipinski definition) is 0. The Hall–Kier alpha value is -2.26. The fraction of sp³-hybridized carbons (Fsp3) is 0.474. The second-order valence-corrected chi connectivity index (χ2v) is 7.86. The summed E-state index contributed by atoms with van der Waals surface area (Å²) in [4.78, 5) is 19.0. The van der Waals surface area contributed by atoms with Crippen molar-refractivity contribution in [3.8, 4) is 0 Å². The quantitative estimate of drug-likeness (QED) is 0.553. The van der Waals surface area contributed by atoms with Crippen LogP contribution in [-0.2, 0) is 11.4 Å².